The molecule has 3 aromatic rings. The number of fused-ring (bicyclic) bond motifs is 1. The summed E-state index contributed by atoms with van der Waals surface area (Å²) in [5.74, 6) is -1.35. The van der Waals surface area contributed by atoms with Crippen LogP contribution in [-0.4, -0.2) is 61.2 Å². The first-order valence-electron chi connectivity index (χ1n) is 8.94. The van der Waals surface area contributed by atoms with Gasteiger partial charge in [0.15, 0.2) is 5.82 Å². The largest absolute Gasteiger partial charge is 0.387 e. The van der Waals surface area contributed by atoms with E-state index in [0.29, 0.717) is 31.5 Å². The number of amides is 1. The fourth-order valence-electron chi connectivity index (χ4n) is 3.41. The van der Waals surface area contributed by atoms with Gasteiger partial charge in [0.2, 0.25) is 11.7 Å². The average molecular weight is 386 g/mol. The number of nitrogens with one attached hydrogen (secondary N) is 2. The molecule has 1 aliphatic heterocycles. The Hall–Kier alpha value is -3.27. The molecule has 9 nitrogen and oxygen atoms in total. The van der Waals surface area contributed by atoms with Crippen molar-refractivity contribution in [2.45, 2.75) is 18.9 Å². The van der Waals surface area contributed by atoms with E-state index in [1.807, 2.05) is 18.2 Å². The zero-order valence-electron chi connectivity index (χ0n) is 14.9. The maximum absolute atomic E-state index is 14.4. The number of pyridine rings is 1. The lowest BCUT2D eigenvalue weighted by molar-refractivity contribution is -0.135. The van der Waals surface area contributed by atoms with Crippen LogP contribution in [0.15, 0.2) is 35.4 Å². The van der Waals surface area contributed by atoms with Crippen LogP contribution >= 0.6 is 0 Å². The minimum Gasteiger partial charge on any atom is -0.387 e. The van der Waals surface area contributed by atoms with E-state index in [0.717, 1.165) is 5.52 Å². The molecule has 0 spiro atoms. The molecule has 0 aliphatic carbocycles. The number of halogens is 1. The number of H-pyrrole nitrogens is 1. The van der Waals surface area contributed by atoms with E-state index in [1.54, 1.807) is 16.9 Å². The second-order valence-corrected chi connectivity index (χ2v) is 6.65. The second-order valence-electron chi connectivity index (χ2n) is 6.65. The first-order valence-corrected chi connectivity index (χ1v) is 8.94. The normalized spacial score (nSPS) is 17.1. The highest BCUT2D eigenvalue weighted by Gasteiger charge is 2.25. The summed E-state index contributed by atoms with van der Waals surface area (Å²) in [5, 5.41) is 16.2. The standard InChI is InChI=1S/C18H19FN6O3/c19-15-17(21-11-4-3-6-24(9-11)14(27)10-26)22-16(23-18(15)28)12-8-20-25-7-2-1-5-13(12)25/h1-2,5,7-8,11,26H,3-4,6,9-10H2,(H2,21,22,23,28)/t11-/m1/s1. The molecule has 10 heteroatoms. The molecular formula is C18H19FN6O3. The van der Waals surface area contributed by atoms with Gasteiger partial charge in [-0.2, -0.15) is 9.49 Å². The summed E-state index contributed by atoms with van der Waals surface area (Å²) in [7, 11) is 0. The van der Waals surface area contributed by atoms with Gasteiger partial charge in [0.05, 0.1) is 17.3 Å². The zero-order chi connectivity index (χ0) is 19.7. The van der Waals surface area contributed by atoms with E-state index in [1.165, 1.54) is 4.90 Å². The topological polar surface area (TPSA) is 116 Å². The van der Waals surface area contributed by atoms with Crippen molar-refractivity contribution in [2.75, 3.05) is 25.0 Å². The number of nitrogens with zero attached hydrogens (tertiary/aromatic N) is 4. The number of aliphatic hydroxyl groups is 1. The Kier molecular flexibility index (Phi) is 4.78. The lowest BCUT2D eigenvalue weighted by Gasteiger charge is -2.33. The van der Waals surface area contributed by atoms with Crippen LogP contribution in [0.2, 0.25) is 0 Å². The van der Waals surface area contributed by atoms with Crippen molar-refractivity contribution in [3.05, 3.63) is 46.8 Å². The van der Waals surface area contributed by atoms with Crippen LogP contribution in [0.1, 0.15) is 12.8 Å². The van der Waals surface area contributed by atoms with Crippen LogP contribution < -0.4 is 10.9 Å². The number of likely N-dealkylation sites (tertiary alicyclic amines) is 1. The van der Waals surface area contributed by atoms with Gasteiger partial charge in [0.1, 0.15) is 12.4 Å². The third-order valence-electron chi connectivity index (χ3n) is 4.79. The summed E-state index contributed by atoms with van der Waals surface area (Å²) >= 11 is 0. The Morgan fingerprint density at radius 1 is 1.43 bits per heavy atom. The fourth-order valence-corrected chi connectivity index (χ4v) is 3.41. The van der Waals surface area contributed by atoms with Crippen LogP contribution in [-0.2, 0) is 4.79 Å². The second kappa shape index (κ2) is 7.39. The quantitative estimate of drug-likeness (QED) is 0.605. The number of aromatic amines is 1. The number of hydrogen-bond donors (Lipinski definition) is 3. The van der Waals surface area contributed by atoms with Gasteiger partial charge in [0.25, 0.3) is 5.56 Å². The third kappa shape index (κ3) is 3.33. The molecule has 0 unspecified atom stereocenters. The molecule has 3 aromatic heterocycles. The van der Waals surface area contributed by atoms with Gasteiger partial charge in [0, 0.05) is 25.3 Å². The lowest BCUT2D eigenvalue weighted by atomic mass is 10.1. The van der Waals surface area contributed by atoms with Gasteiger partial charge in [-0.05, 0) is 25.0 Å². The van der Waals surface area contributed by atoms with E-state index in [-0.39, 0.29) is 23.6 Å². The number of rotatable bonds is 4. The molecule has 0 radical (unpaired) electrons. The molecule has 4 rings (SSSR count). The monoisotopic (exact) mass is 386 g/mol. The van der Waals surface area contributed by atoms with Crippen LogP contribution in [0.5, 0.6) is 0 Å². The van der Waals surface area contributed by atoms with E-state index >= 15 is 0 Å². The SMILES string of the molecule is O=C(CO)N1CCC[C@@H](Nc2nc(-c3cnn4ccccc34)[nH]c(=O)c2F)C1. The van der Waals surface area contributed by atoms with Gasteiger partial charge < -0.3 is 20.3 Å². The molecule has 28 heavy (non-hydrogen) atoms. The predicted octanol–water partition coefficient (Wildman–Crippen LogP) is 0.619. The average Bonchev–Trinajstić information content (AvgIpc) is 3.15. The number of hydrogen-bond acceptors (Lipinski definition) is 6. The van der Waals surface area contributed by atoms with Crippen molar-refractivity contribution in [3.63, 3.8) is 0 Å². The number of aliphatic hydroxyl groups excluding tert-OH is 1. The van der Waals surface area contributed by atoms with E-state index in [2.05, 4.69) is 20.4 Å². The number of carbonyl (C=O) groups is 1. The smallest absolute Gasteiger partial charge is 0.289 e. The zero-order valence-corrected chi connectivity index (χ0v) is 14.9. The molecule has 1 saturated heterocycles. The fraction of sp³-hybridized carbons (Fsp3) is 0.333. The summed E-state index contributed by atoms with van der Waals surface area (Å²) in [5.41, 5.74) is 0.406. The Labute approximate surface area is 158 Å². The molecule has 146 valence electrons. The summed E-state index contributed by atoms with van der Waals surface area (Å²) in [4.78, 5) is 32.1. The molecule has 1 atom stereocenters. The van der Waals surface area contributed by atoms with E-state index in [4.69, 9.17) is 5.11 Å². The minimum absolute atomic E-state index is 0.169. The van der Waals surface area contributed by atoms with Gasteiger partial charge in [-0.15, -0.1) is 0 Å². The molecule has 0 aromatic carbocycles. The summed E-state index contributed by atoms with van der Waals surface area (Å²) in [6, 6.07) is 5.19. The predicted molar refractivity (Wildman–Crippen MR) is 99.3 cm³/mol. The molecule has 0 saturated carbocycles. The van der Waals surface area contributed by atoms with Crippen LogP contribution in [0.3, 0.4) is 0 Å². The molecule has 0 bridgehead atoms. The van der Waals surface area contributed by atoms with Gasteiger partial charge in [-0.25, -0.2) is 9.50 Å². The maximum Gasteiger partial charge on any atom is 0.289 e. The van der Waals surface area contributed by atoms with Gasteiger partial charge in [-0.1, -0.05) is 6.07 Å². The van der Waals surface area contributed by atoms with Crippen LogP contribution in [0, 0.1) is 5.82 Å². The number of carbonyl (C=O) groups excluding carboxylic acids is 1. The number of anilines is 1. The first kappa shape index (κ1) is 18.1. The third-order valence-corrected chi connectivity index (χ3v) is 4.79. The van der Waals surface area contributed by atoms with Crippen molar-refractivity contribution in [1.82, 2.24) is 24.5 Å². The van der Waals surface area contributed by atoms with Crippen molar-refractivity contribution < 1.29 is 14.3 Å². The van der Waals surface area contributed by atoms with E-state index in [9.17, 15) is 14.0 Å². The lowest BCUT2D eigenvalue weighted by Crippen LogP contribution is -2.46. The summed E-state index contributed by atoms with van der Waals surface area (Å²) in [6.45, 7) is 0.277. The Balaban J connectivity index is 1.65. The first-order chi connectivity index (χ1) is 13.6. The van der Waals surface area contributed by atoms with E-state index < -0.39 is 18.0 Å². The Bertz CT molecular complexity index is 1080. The Morgan fingerprint density at radius 3 is 3.11 bits per heavy atom. The molecule has 1 aliphatic rings. The van der Waals surface area contributed by atoms with Gasteiger partial charge in [-0.3, -0.25) is 9.59 Å². The van der Waals surface area contributed by atoms with Crippen molar-refractivity contribution in [3.8, 4) is 11.4 Å². The molecule has 1 fully saturated rings. The van der Waals surface area contributed by atoms with Crippen molar-refractivity contribution in [1.29, 1.82) is 0 Å². The molecule has 4 heterocycles. The summed E-state index contributed by atoms with van der Waals surface area (Å²) < 4.78 is 16.0. The summed E-state index contributed by atoms with van der Waals surface area (Å²) in [6.07, 6.45) is 4.70. The van der Waals surface area contributed by atoms with Crippen LogP contribution in [0.25, 0.3) is 16.9 Å². The minimum atomic E-state index is -1.01. The van der Waals surface area contributed by atoms with Gasteiger partial charge >= 0.3 is 0 Å². The number of aromatic nitrogens is 4. The highest BCUT2D eigenvalue weighted by atomic mass is 19.1. The molecule has 1 amide bonds. The Morgan fingerprint density at radius 2 is 2.29 bits per heavy atom. The highest BCUT2D eigenvalue weighted by Crippen LogP contribution is 2.23. The molecular weight excluding hydrogens is 367 g/mol. The van der Waals surface area contributed by atoms with Crippen molar-refractivity contribution >= 4 is 17.2 Å². The molecule has 3 N–H and O–H groups in total. The van der Waals surface area contributed by atoms with Crippen LogP contribution in [0.4, 0.5) is 10.2 Å². The highest BCUT2D eigenvalue weighted by molar-refractivity contribution is 5.77. The number of piperidine rings is 1. The maximum atomic E-state index is 14.4. The van der Waals surface area contributed by atoms with Crippen molar-refractivity contribution in [2.24, 2.45) is 0 Å².